The van der Waals surface area contributed by atoms with Gasteiger partial charge in [0, 0.05) is 5.54 Å². The average molecular weight is 290 g/mol. The summed E-state index contributed by atoms with van der Waals surface area (Å²) in [5, 5.41) is 3.76. The second-order valence-corrected chi connectivity index (χ2v) is 6.51. The molecule has 0 aromatic heterocycles. The summed E-state index contributed by atoms with van der Waals surface area (Å²) in [5.74, 6) is 0.923. The van der Waals surface area contributed by atoms with E-state index in [1.807, 2.05) is 0 Å². The van der Waals surface area contributed by atoms with Gasteiger partial charge in [0.2, 0.25) is 0 Å². The second kappa shape index (κ2) is 7.28. The standard InChI is InChI=1S/C18H30N2O/c1-5-12-19-17(15-8-10-16(21-4)11-9-15)18(2,3)20-13-6-7-14-20/h8-11,17,19H,5-7,12-14H2,1-4H3. The number of rotatable bonds is 7. The molecule has 1 heterocycles. The molecule has 3 nitrogen and oxygen atoms in total. The molecule has 1 aliphatic heterocycles. The molecule has 0 amide bonds. The zero-order valence-electron chi connectivity index (χ0n) is 14.0. The van der Waals surface area contributed by atoms with E-state index in [1.165, 1.54) is 31.5 Å². The van der Waals surface area contributed by atoms with E-state index in [-0.39, 0.29) is 5.54 Å². The molecule has 1 N–H and O–H groups in total. The Hall–Kier alpha value is -1.06. The lowest BCUT2D eigenvalue weighted by molar-refractivity contribution is 0.107. The zero-order chi connectivity index (χ0) is 15.3. The number of hydrogen-bond donors (Lipinski definition) is 1. The summed E-state index contributed by atoms with van der Waals surface area (Å²) in [6.07, 6.45) is 3.81. The van der Waals surface area contributed by atoms with Crippen LogP contribution in [-0.2, 0) is 0 Å². The number of benzene rings is 1. The maximum Gasteiger partial charge on any atom is 0.118 e. The minimum Gasteiger partial charge on any atom is -0.497 e. The Balaban J connectivity index is 2.22. The summed E-state index contributed by atoms with van der Waals surface area (Å²) in [7, 11) is 1.72. The molecule has 1 aromatic rings. The van der Waals surface area contributed by atoms with Crippen LogP contribution in [0, 0.1) is 0 Å². The Morgan fingerprint density at radius 3 is 2.33 bits per heavy atom. The molecular formula is C18H30N2O. The number of ether oxygens (including phenoxy) is 1. The monoisotopic (exact) mass is 290 g/mol. The molecule has 0 aliphatic carbocycles. The fourth-order valence-corrected chi connectivity index (χ4v) is 3.34. The van der Waals surface area contributed by atoms with Gasteiger partial charge in [-0.25, -0.2) is 0 Å². The summed E-state index contributed by atoms with van der Waals surface area (Å²) in [6.45, 7) is 10.4. The third-order valence-corrected chi connectivity index (χ3v) is 4.68. The minimum atomic E-state index is 0.125. The number of methoxy groups -OCH3 is 1. The van der Waals surface area contributed by atoms with Crippen LogP contribution in [0.2, 0.25) is 0 Å². The highest BCUT2D eigenvalue weighted by atomic mass is 16.5. The lowest BCUT2D eigenvalue weighted by Crippen LogP contribution is -2.51. The second-order valence-electron chi connectivity index (χ2n) is 6.51. The molecule has 0 bridgehead atoms. The van der Waals surface area contributed by atoms with E-state index in [9.17, 15) is 0 Å². The van der Waals surface area contributed by atoms with E-state index in [0.717, 1.165) is 18.7 Å². The largest absolute Gasteiger partial charge is 0.497 e. The molecule has 1 unspecified atom stereocenters. The van der Waals surface area contributed by atoms with Crippen molar-refractivity contribution < 1.29 is 4.74 Å². The van der Waals surface area contributed by atoms with Crippen LogP contribution in [0.5, 0.6) is 5.75 Å². The van der Waals surface area contributed by atoms with E-state index in [4.69, 9.17) is 4.74 Å². The van der Waals surface area contributed by atoms with Crippen molar-refractivity contribution in [3.8, 4) is 5.75 Å². The van der Waals surface area contributed by atoms with E-state index in [1.54, 1.807) is 7.11 Å². The first-order valence-corrected chi connectivity index (χ1v) is 8.22. The topological polar surface area (TPSA) is 24.5 Å². The summed E-state index contributed by atoms with van der Waals surface area (Å²) < 4.78 is 5.28. The Kier molecular flexibility index (Phi) is 5.65. The number of nitrogens with one attached hydrogen (secondary N) is 1. The number of nitrogens with zero attached hydrogens (tertiary/aromatic N) is 1. The van der Waals surface area contributed by atoms with Gasteiger partial charge in [-0.2, -0.15) is 0 Å². The summed E-state index contributed by atoms with van der Waals surface area (Å²) in [4.78, 5) is 2.63. The van der Waals surface area contributed by atoms with Gasteiger partial charge in [-0.1, -0.05) is 19.1 Å². The first-order chi connectivity index (χ1) is 10.1. The fraction of sp³-hybridized carbons (Fsp3) is 0.667. The Bertz CT molecular complexity index is 421. The van der Waals surface area contributed by atoms with Crippen molar-refractivity contribution in [3.63, 3.8) is 0 Å². The maximum absolute atomic E-state index is 5.28. The van der Waals surface area contributed by atoms with E-state index in [2.05, 4.69) is 55.3 Å². The SMILES string of the molecule is CCCNC(c1ccc(OC)cc1)C(C)(C)N1CCCC1. The van der Waals surface area contributed by atoms with Gasteiger partial charge in [0.1, 0.15) is 5.75 Å². The van der Waals surface area contributed by atoms with Crippen molar-refractivity contribution in [1.82, 2.24) is 10.2 Å². The predicted octanol–water partition coefficient (Wildman–Crippen LogP) is 3.61. The van der Waals surface area contributed by atoms with Crippen molar-refractivity contribution in [1.29, 1.82) is 0 Å². The smallest absolute Gasteiger partial charge is 0.118 e. The predicted molar refractivity (Wildman–Crippen MR) is 88.9 cm³/mol. The van der Waals surface area contributed by atoms with Crippen LogP contribution in [0.25, 0.3) is 0 Å². The van der Waals surface area contributed by atoms with E-state index in [0.29, 0.717) is 6.04 Å². The number of hydrogen-bond acceptors (Lipinski definition) is 3. The molecule has 118 valence electrons. The normalized spacial score (nSPS) is 17.9. The molecule has 21 heavy (non-hydrogen) atoms. The molecule has 2 rings (SSSR count). The van der Waals surface area contributed by atoms with Crippen molar-refractivity contribution in [2.24, 2.45) is 0 Å². The highest BCUT2D eigenvalue weighted by molar-refractivity contribution is 5.31. The lowest BCUT2D eigenvalue weighted by Gasteiger charge is -2.43. The Morgan fingerprint density at radius 2 is 1.81 bits per heavy atom. The van der Waals surface area contributed by atoms with Gasteiger partial charge >= 0.3 is 0 Å². The van der Waals surface area contributed by atoms with Crippen LogP contribution in [-0.4, -0.2) is 37.2 Å². The summed E-state index contributed by atoms with van der Waals surface area (Å²) in [5.41, 5.74) is 1.47. The maximum atomic E-state index is 5.28. The first kappa shape index (κ1) is 16.3. The summed E-state index contributed by atoms with van der Waals surface area (Å²) in [6, 6.07) is 8.88. The van der Waals surface area contributed by atoms with Crippen molar-refractivity contribution >= 4 is 0 Å². The van der Waals surface area contributed by atoms with E-state index < -0.39 is 0 Å². The van der Waals surface area contributed by atoms with Crippen molar-refractivity contribution in [2.75, 3.05) is 26.7 Å². The third-order valence-electron chi connectivity index (χ3n) is 4.68. The highest BCUT2D eigenvalue weighted by Crippen LogP contribution is 2.34. The molecule has 0 saturated carbocycles. The van der Waals surface area contributed by atoms with Gasteiger partial charge in [0.25, 0.3) is 0 Å². The van der Waals surface area contributed by atoms with Gasteiger partial charge in [0.05, 0.1) is 13.2 Å². The van der Waals surface area contributed by atoms with E-state index >= 15 is 0 Å². The number of likely N-dealkylation sites (tertiary alicyclic amines) is 1. The molecule has 0 radical (unpaired) electrons. The van der Waals surface area contributed by atoms with Gasteiger partial charge in [-0.3, -0.25) is 4.90 Å². The van der Waals surface area contributed by atoms with Crippen LogP contribution in [0.3, 0.4) is 0 Å². The van der Waals surface area contributed by atoms with Crippen LogP contribution in [0.4, 0.5) is 0 Å². The molecule has 1 saturated heterocycles. The average Bonchev–Trinajstić information content (AvgIpc) is 3.03. The third kappa shape index (κ3) is 3.78. The lowest BCUT2D eigenvalue weighted by atomic mass is 9.87. The molecule has 3 heteroatoms. The quantitative estimate of drug-likeness (QED) is 0.830. The molecular weight excluding hydrogens is 260 g/mol. The van der Waals surface area contributed by atoms with Gasteiger partial charge in [-0.05, 0) is 70.4 Å². The fourth-order valence-electron chi connectivity index (χ4n) is 3.34. The zero-order valence-corrected chi connectivity index (χ0v) is 14.0. The molecule has 0 spiro atoms. The Morgan fingerprint density at radius 1 is 1.19 bits per heavy atom. The summed E-state index contributed by atoms with van der Waals surface area (Å²) >= 11 is 0. The van der Waals surface area contributed by atoms with Crippen LogP contribution < -0.4 is 10.1 Å². The Labute approximate surface area is 129 Å². The molecule has 1 aromatic carbocycles. The van der Waals surface area contributed by atoms with Crippen LogP contribution >= 0.6 is 0 Å². The van der Waals surface area contributed by atoms with Gasteiger partial charge in [-0.15, -0.1) is 0 Å². The van der Waals surface area contributed by atoms with Crippen molar-refractivity contribution in [2.45, 2.75) is 51.6 Å². The first-order valence-electron chi connectivity index (χ1n) is 8.22. The molecule has 1 aliphatic rings. The molecule has 1 atom stereocenters. The van der Waals surface area contributed by atoms with Gasteiger partial charge < -0.3 is 10.1 Å². The van der Waals surface area contributed by atoms with Gasteiger partial charge in [0.15, 0.2) is 0 Å². The highest BCUT2D eigenvalue weighted by Gasteiger charge is 2.37. The molecule has 1 fully saturated rings. The van der Waals surface area contributed by atoms with Crippen LogP contribution in [0.1, 0.15) is 51.6 Å². The van der Waals surface area contributed by atoms with Crippen molar-refractivity contribution in [3.05, 3.63) is 29.8 Å². The minimum absolute atomic E-state index is 0.125. The van der Waals surface area contributed by atoms with Crippen LogP contribution in [0.15, 0.2) is 24.3 Å².